The third-order valence-electron chi connectivity index (χ3n) is 3.47. The molecule has 0 fully saturated rings. The summed E-state index contributed by atoms with van der Waals surface area (Å²) in [5, 5.41) is 11.3. The van der Waals surface area contributed by atoms with Crippen molar-refractivity contribution in [1.29, 1.82) is 0 Å². The standard InChI is InChI=1S/C15H21N3.2C2H6/c1-4-6-13-7-8-14-15(17-18-16-14)10-11(3)9-12(13)5-2;2*1-2/h4-6,11H,2,7-10H2,1,3H3,(H,16,17,18);2*1-2H3/b6-4-,13-12-;;. The van der Waals surface area contributed by atoms with Gasteiger partial charge in [-0.15, -0.1) is 0 Å². The summed E-state index contributed by atoms with van der Waals surface area (Å²) in [6, 6.07) is 0. The number of rotatable bonds is 2. The van der Waals surface area contributed by atoms with E-state index in [1.54, 1.807) is 0 Å². The highest BCUT2D eigenvalue weighted by Crippen LogP contribution is 2.26. The van der Waals surface area contributed by atoms with E-state index in [-0.39, 0.29) is 0 Å². The number of nitrogens with zero attached hydrogens (tertiary/aromatic N) is 2. The summed E-state index contributed by atoms with van der Waals surface area (Å²) >= 11 is 0. The van der Waals surface area contributed by atoms with Crippen molar-refractivity contribution in [2.75, 3.05) is 0 Å². The van der Waals surface area contributed by atoms with Crippen LogP contribution in [0.4, 0.5) is 0 Å². The molecule has 1 aliphatic carbocycles. The van der Waals surface area contributed by atoms with Gasteiger partial charge in [0.05, 0.1) is 11.4 Å². The SMILES string of the molecule is C=C/C1=C(\C=C/C)CCc2n[nH]nc2CC(C)C1.CC.CC. The van der Waals surface area contributed by atoms with E-state index < -0.39 is 0 Å². The average Bonchev–Trinajstić information content (AvgIpc) is 3.01. The van der Waals surface area contributed by atoms with E-state index in [2.05, 4.69) is 48.0 Å². The zero-order valence-electron chi connectivity index (χ0n) is 15.2. The van der Waals surface area contributed by atoms with Crippen molar-refractivity contribution in [1.82, 2.24) is 15.4 Å². The van der Waals surface area contributed by atoms with Gasteiger partial charge >= 0.3 is 0 Å². The number of aromatic nitrogens is 3. The molecule has 0 aliphatic heterocycles. The fourth-order valence-corrected chi connectivity index (χ4v) is 2.57. The minimum absolute atomic E-state index is 0.570. The van der Waals surface area contributed by atoms with E-state index in [0.717, 1.165) is 37.1 Å². The second kappa shape index (κ2) is 12.0. The van der Waals surface area contributed by atoms with Crippen LogP contribution in [0.1, 0.15) is 65.8 Å². The van der Waals surface area contributed by atoms with E-state index in [4.69, 9.17) is 0 Å². The first kappa shape index (κ1) is 20.4. The van der Waals surface area contributed by atoms with Crippen LogP contribution in [0.5, 0.6) is 0 Å². The summed E-state index contributed by atoms with van der Waals surface area (Å²) < 4.78 is 0. The van der Waals surface area contributed by atoms with E-state index in [9.17, 15) is 0 Å². The van der Waals surface area contributed by atoms with Crippen LogP contribution in [0.3, 0.4) is 0 Å². The lowest BCUT2D eigenvalue weighted by atomic mass is 9.93. The van der Waals surface area contributed by atoms with Crippen LogP contribution >= 0.6 is 0 Å². The van der Waals surface area contributed by atoms with Gasteiger partial charge in [-0.1, -0.05) is 59.4 Å². The van der Waals surface area contributed by atoms with Crippen LogP contribution in [-0.2, 0) is 12.8 Å². The highest BCUT2D eigenvalue weighted by molar-refractivity contribution is 5.34. The van der Waals surface area contributed by atoms with Gasteiger partial charge in [0.25, 0.3) is 0 Å². The molecule has 0 saturated heterocycles. The van der Waals surface area contributed by atoms with E-state index in [1.807, 2.05) is 33.8 Å². The Kier molecular flexibility index (Phi) is 11.1. The van der Waals surface area contributed by atoms with Crippen LogP contribution < -0.4 is 0 Å². The molecule has 1 atom stereocenters. The van der Waals surface area contributed by atoms with Crippen LogP contribution in [0.15, 0.2) is 36.0 Å². The first-order chi connectivity index (χ1) is 10.7. The zero-order chi connectivity index (χ0) is 17.0. The molecule has 22 heavy (non-hydrogen) atoms. The van der Waals surface area contributed by atoms with Gasteiger partial charge in [0, 0.05) is 0 Å². The Morgan fingerprint density at radius 1 is 1.00 bits per heavy atom. The largest absolute Gasteiger partial charge is 0.197 e. The average molecular weight is 303 g/mol. The number of fused-ring (bicyclic) bond motifs is 1. The Hall–Kier alpha value is -1.64. The lowest BCUT2D eigenvalue weighted by Crippen LogP contribution is -2.02. The molecule has 0 amide bonds. The summed E-state index contributed by atoms with van der Waals surface area (Å²) in [5.74, 6) is 0.570. The molecule has 1 aliphatic rings. The lowest BCUT2D eigenvalue weighted by molar-refractivity contribution is 0.568. The Morgan fingerprint density at radius 3 is 2.23 bits per heavy atom. The third-order valence-corrected chi connectivity index (χ3v) is 3.47. The molecule has 2 rings (SSSR count). The number of aromatic amines is 1. The molecular weight excluding hydrogens is 270 g/mol. The number of hydrogen-bond donors (Lipinski definition) is 1. The van der Waals surface area contributed by atoms with Crippen molar-refractivity contribution < 1.29 is 0 Å². The van der Waals surface area contributed by atoms with Crippen molar-refractivity contribution in [3.05, 3.63) is 47.3 Å². The summed E-state index contributed by atoms with van der Waals surface area (Å²) in [4.78, 5) is 0. The molecule has 1 unspecified atom stereocenters. The molecule has 0 saturated carbocycles. The van der Waals surface area contributed by atoms with E-state index in [0.29, 0.717) is 5.92 Å². The Balaban J connectivity index is 0.00000102. The Labute approximate surface area is 136 Å². The second-order valence-corrected chi connectivity index (χ2v) is 4.99. The molecule has 0 aromatic carbocycles. The lowest BCUT2D eigenvalue weighted by Gasteiger charge is -2.12. The van der Waals surface area contributed by atoms with E-state index >= 15 is 0 Å². The van der Waals surface area contributed by atoms with Crippen LogP contribution in [0.25, 0.3) is 0 Å². The summed E-state index contributed by atoms with van der Waals surface area (Å²) in [6.07, 6.45) is 10.3. The summed E-state index contributed by atoms with van der Waals surface area (Å²) in [7, 11) is 0. The van der Waals surface area contributed by atoms with Gasteiger partial charge < -0.3 is 0 Å². The van der Waals surface area contributed by atoms with Gasteiger partial charge in [0.2, 0.25) is 0 Å². The fourth-order valence-electron chi connectivity index (χ4n) is 2.57. The van der Waals surface area contributed by atoms with Gasteiger partial charge in [-0.05, 0) is 49.7 Å². The predicted octanol–water partition coefficient (Wildman–Crippen LogP) is 5.43. The van der Waals surface area contributed by atoms with Crippen LogP contribution in [0.2, 0.25) is 0 Å². The zero-order valence-corrected chi connectivity index (χ0v) is 15.2. The maximum atomic E-state index is 4.27. The highest BCUT2D eigenvalue weighted by Gasteiger charge is 2.17. The van der Waals surface area contributed by atoms with Gasteiger partial charge in [-0.2, -0.15) is 15.4 Å². The summed E-state index contributed by atoms with van der Waals surface area (Å²) in [6.45, 7) is 16.3. The molecule has 124 valence electrons. The minimum Gasteiger partial charge on any atom is -0.197 e. The van der Waals surface area contributed by atoms with Crippen molar-refractivity contribution >= 4 is 0 Å². The van der Waals surface area contributed by atoms with Crippen molar-refractivity contribution in [2.24, 2.45) is 5.92 Å². The van der Waals surface area contributed by atoms with Crippen molar-refractivity contribution in [3.8, 4) is 0 Å². The van der Waals surface area contributed by atoms with Gasteiger partial charge in [0.15, 0.2) is 0 Å². The molecule has 3 nitrogen and oxygen atoms in total. The highest BCUT2D eigenvalue weighted by atomic mass is 15.3. The van der Waals surface area contributed by atoms with Crippen molar-refractivity contribution in [2.45, 2.75) is 67.2 Å². The maximum Gasteiger partial charge on any atom is 0.0860 e. The molecule has 1 N–H and O–H groups in total. The molecular formula is C19H33N3. The quantitative estimate of drug-likeness (QED) is 0.791. The summed E-state index contributed by atoms with van der Waals surface area (Å²) in [5.41, 5.74) is 5.01. The molecule has 3 heteroatoms. The second-order valence-electron chi connectivity index (χ2n) is 4.99. The Morgan fingerprint density at radius 2 is 1.64 bits per heavy atom. The number of allylic oxidation sites excluding steroid dienone is 5. The predicted molar refractivity (Wildman–Crippen MR) is 96.9 cm³/mol. The van der Waals surface area contributed by atoms with Gasteiger partial charge in [-0.3, -0.25) is 0 Å². The first-order valence-electron chi connectivity index (χ1n) is 8.60. The molecule has 1 aromatic heterocycles. The minimum atomic E-state index is 0.570. The van der Waals surface area contributed by atoms with Gasteiger partial charge in [-0.25, -0.2) is 0 Å². The maximum absolute atomic E-state index is 4.27. The third kappa shape index (κ3) is 6.00. The number of hydrogen-bond acceptors (Lipinski definition) is 2. The van der Waals surface area contributed by atoms with E-state index in [1.165, 1.54) is 11.1 Å². The monoisotopic (exact) mass is 303 g/mol. The van der Waals surface area contributed by atoms with Gasteiger partial charge in [0.1, 0.15) is 0 Å². The molecule has 0 bridgehead atoms. The van der Waals surface area contributed by atoms with Crippen LogP contribution in [0, 0.1) is 5.92 Å². The molecule has 1 heterocycles. The molecule has 0 spiro atoms. The number of H-pyrrole nitrogens is 1. The number of aryl methyl sites for hydroxylation is 1. The Bertz CT molecular complexity index is 481. The number of nitrogens with one attached hydrogen (secondary N) is 1. The van der Waals surface area contributed by atoms with Crippen LogP contribution in [-0.4, -0.2) is 15.4 Å². The normalized spacial score (nSPS) is 21.3. The fraction of sp³-hybridized carbons (Fsp3) is 0.579. The molecule has 0 radical (unpaired) electrons. The van der Waals surface area contributed by atoms with Crippen molar-refractivity contribution in [3.63, 3.8) is 0 Å². The smallest absolute Gasteiger partial charge is 0.0860 e. The topological polar surface area (TPSA) is 41.6 Å². The first-order valence-corrected chi connectivity index (χ1v) is 8.60. The molecule has 1 aromatic rings.